The zero-order valence-electron chi connectivity index (χ0n) is 21.6. The zero-order chi connectivity index (χ0) is 29.5. The number of carboxylic acid groups (broad SMARTS) is 1. The Bertz CT molecular complexity index is 1400. The molecule has 0 bridgehead atoms. The van der Waals surface area contributed by atoms with E-state index in [1.165, 1.54) is 44.2 Å². The molecule has 1 N–H and O–H groups in total. The molecule has 0 spiro atoms. The molecular formula is C28H25F6NO5. The molecule has 214 valence electrons. The lowest BCUT2D eigenvalue weighted by molar-refractivity contribution is -0.274. The van der Waals surface area contributed by atoms with Gasteiger partial charge in [-0.15, -0.1) is 13.2 Å². The van der Waals surface area contributed by atoms with Crippen LogP contribution < -0.4 is 14.2 Å². The number of pyridine rings is 1. The number of carbonyl (C=O) groups is 1. The fourth-order valence-electron chi connectivity index (χ4n) is 3.97. The van der Waals surface area contributed by atoms with Crippen LogP contribution in [0.4, 0.5) is 26.3 Å². The number of carboxylic acids is 1. The average Bonchev–Trinajstić information content (AvgIpc) is 3.68. The number of halogens is 6. The highest BCUT2D eigenvalue weighted by atomic mass is 19.4. The van der Waals surface area contributed by atoms with Crippen molar-refractivity contribution < 1.29 is 50.5 Å². The summed E-state index contributed by atoms with van der Waals surface area (Å²) in [6, 6.07) is 9.80. The number of aromatic nitrogens is 1. The van der Waals surface area contributed by atoms with Gasteiger partial charge in [0.25, 0.3) is 0 Å². The normalized spacial score (nSPS) is 14.1. The van der Waals surface area contributed by atoms with Crippen molar-refractivity contribution in [2.45, 2.75) is 64.3 Å². The van der Waals surface area contributed by atoms with E-state index in [1.54, 1.807) is 6.92 Å². The number of aliphatic carboxylic acids is 1. The first-order valence-corrected chi connectivity index (χ1v) is 12.2. The summed E-state index contributed by atoms with van der Waals surface area (Å²) in [7, 11) is 0. The molecule has 0 atom stereocenters. The van der Waals surface area contributed by atoms with Crippen LogP contribution in [0, 0.1) is 6.92 Å². The van der Waals surface area contributed by atoms with Crippen LogP contribution in [0.15, 0.2) is 48.5 Å². The molecule has 6 nitrogen and oxygen atoms in total. The van der Waals surface area contributed by atoms with E-state index in [0.717, 1.165) is 18.2 Å². The molecule has 0 saturated heterocycles. The summed E-state index contributed by atoms with van der Waals surface area (Å²) >= 11 is 0. The number of hydrogen-bond donors (Lipinski definition) is 1. The van der Waals surface area contributed by atoms with Crippen LogP contribution in [0.25, 0.3) is 11.3 Å². The standard InChI is InChI=1S/C28H25F6NO5/c1-15-12-19(10-11-23(15)40-26(2,3)25(36)37)38-14-20-21(27(29,30)31)13-22(35-24(20)17-4-5-17)16-6-8-18(9-7-16)39-28(32,33)34/h6-13,17H,4-5,14H2,1-3H3,(H,36,37). The smallest absolute Gasteiger partial charge is 0.489 e. The predicted octanol–water partition coefficient (Wildman–Crippen LogP) is 7.67. The van der Waals surface area contributed by atoms with Crippen LogP contribution in [0.2, 0.25) is 0 Å². The van der Waals surface area contributed by atoms with Crippen molar-refractivity contribution >= 4 is 5.97 Å². The summed E-state index contributed by atoms with van der Waals surface area (Å²) in [6.45, 7) is 3.99. The summed E-state index contributed by atoms with van der Waals surface area (Å²) in [5, 5.41) is 9.28. The number of nitrogens with zero attached hydrogens (tertiary/aromatic N) is 1. The van der Waals surface area contributed by atoms with Gasteiger partial charge in [0.1, 0.15) is 23.9 Å². The van der Waals surface area contributed by atoms with Crippen molar-refractivity contribution in [2.75, 3.05) is 0 Å². The third kappa shape index (κ3) is 6.97. The second kappa shape index (κ2) is 10.5. The molecular weight excluding hydrogens is 544 g/mol. The lowest BCUT2D eigenvalue weighted by Crippen LogP contribution is -2.38. The maximum Gasteiger partial charge on any atom is 0.573 e. The van der Waals surface area contributed by atoms with Crippen molar-refractivity contribution in [1.82, 2.24) is 4.98 Å². The molecule has 1 heterocycles. The third-order valence-electron chi connectivity index (χ3n) is 6.22. The largest absolute Gasteiger partial charge is 0.573 e. The first-order valence-electron chi connectivity index (χ1n) is 12.2. The molecule has 0 radical (unpaired) electrons. The predicted molar refractivity (Wildman–Crippen MR) is 131 cm³/mol. The van der Waals surface area contributed by atoms with E-state index in [1.807, 2.05) is 0 Å². The van der Waals surface area contributed by atoms with Gasteiger partial charge in [0.15, 0.2) is 5.60 Å². The van der Waals surface area contributed by atoms with E-state index in [9.17, 15) is 36.2 Å². The Hall–Kier alpha value is -3.96. The van der Waals surface area contributed by atoms with E-state index in [4.69, 9.17) is 9.47 Å². The number of rotatable bonds is 9. The summed E-state index contributed by atoms with van der Waals surface area (Å²) in [5.74, 6) is -1.34. The fourth-order valence-corrected chi connectivity index (χ4v) is 3.97. The maximum absolute atomic E-state index is 14.2. The molecule has 2 aromatic carbocycles. The summed E-state index contributed by atoms with van der Waals surface area (Å²) in [6.07, 6.45) is -8.37. The summed E-state index contributed by atoms with van der Waals surface area (Å²) in [4.78, 5) is 15.8. The van der Waals surface area contributed by atoms with E-state index in [0.29, 0.717) is 18.4 Å². The van der Waals surface area contributed by atoms with Gasteiger partial charge in [-0.1, -0.05) is 0 Å². The fraction of sp³-hybridized carbons (Fsp3) is 0.357. The Kier molecular flexibility index (Phi) is 7.66. The van der Waals surface area contributed by atoms with Crippen molar-refractivity contribution in [3.8, 4) is 28.5 Å². The number of alkyl halides is 6. The minimum Gasteiger partial charge on any atom is -0.489 e. The molecule has 12 heteroatoms. The maximum atomic E-state index is 14.2. The van der Waals surface area contributed by atoms with Gasteiger partial charge in [0.2, 0.25) is 0 Å². The van der Waals surface area contributed by atoms with Gasteiger partial charge in [-0.05, 0) is 87.7 Å². The molecule has 1 aliphatic carbocycles. The lowest BCUT2D eigenvalue weighted by atomic mass is 9.99. The SMILES string of the molecule is Cc1cc(OCc2c(C(F)(F)F)cc(-c3ccc(OC(F)(F)F)cc3)nc2C2CC2)ccc1OC(C)(C)C(=O)O. The van der Waals surface area contributed by atoms with Gasteiger partial charge in [-0.25, -0.2) is 4.79 Å². The first-order chi connectivity index (χ1) is 18.5. The van der Waals surface area contributed by atoms with Crippen molar-refractivity contribution in [3.63, 3.8) is 0 Å². The molecule has 1 aromatic heterocycles. The Balaban J connectivity index is 1.63. The van der Waals surface area contributed by atoms with Gasteiger partial charge >= 0.3 is 18.5 Å². The Morgan fingerprint density at radius 3 is 2.10 bits per heavy atom. The van der Waals surface area contributed by atoms with Gasteiger partial charge < -0.3 is 19.3 Å². The van der Waals surface area contributed by atoms with Crippen LogP contribution in [0.5, 0.6) is 17.2 Å². The molecule has 0 aliphatic heterocycles. The zero-order valence-corrected chi connectivity index (χ0v) is 21.6. The van der Waals surface area contributed by atoms with Gasteiger partial charge in [0, 0.05) is 17.0 Å². The van der Waals surface area contributed by atoms with E-state index in [2.05, 4.69) is 9.72 Å². The molecule has 1 saturated carbocycles. The molecule has 1 fully saturated rings. The van der Waals surface area contributed by atoms with Gasteiger partial charge in [0.05, 0.1) is 17.0 Å². The average molecular weight is 569 g/mol. The number of ether oxygens (including phenoxy) is 3. The van der Waals surface area contributed by atoms with Crippen molar-refractivity contribution in [1.29, 1.82) is 0 Å². The van der Waals surface area contributed by atoms with Crippen LogP contribution in [0.3, 0.4) is 0 Å². The van der Waals surface area contributed by atoms with Crippen LogP contribution in [-0.4, -0.2) is 28.0 Å². The van der Waals surface area contributed by atoms with Crippen molar-refractivity contribution in [3.05, 3.63) is 70.9 Å². The molecule has 4 rings (SSSR count). The highest BCUT2D eigenvalue weighted by Gasteiger charge is 2.39. The van der Waals surface area contributed by atoms with E-state index >= 15 is 0 Å². The highest BCUT2D eigenvalue weighted by Crippen LogP contribution is 2.45. The minimum absolute atomic E-state index is 0.0325. The minimum atomic E-state index is -4.90. The topological polar surface area (TPSA) is 77.9 Å². The van der Waals surface area contributed by atoms with Gasteiger partial charge in [-0.3, -0.25) is 4.98 Å². The monoisotopic (exact) mass is 569 g/mol. The number of hydrogen-bond acceptors (Lipinski definition) is 5. The van der Waals surface area contributed by atoms with Gasteiger partial charge in [-0.2, -0.15) is 13.2 Å². The Morgan fingerprint density at radius 2 is 1.57 bits per heavy atom. The van der Waals surface area contributed by atoms with Crippen molar-refractivity contribution in [2.24, 2.45) is 0 Å². The Morgan fingerprint density at radius 1 is 0.950 bits per heavy atom. The quantitative estimate of drug-likeness (QED) is 0.267. The molecule has 3 aromatic rings. The summed E-state index contributed by atoms with van der Waals surface area (Å²) < 4.78 is 95.2. The number of benzene rings is 2. The molecule has 1 aliphatic rings. The first kappa shape index (κ1) is 29.0. The second-order valence-electron chi connectivity index (χ2n) is 9.90. The van der Waals surface area contributed by atoms with E-state index < -0.39 is 42.0 Å². The molecule has 40 heavy (non-hydrogen) atoms. The number of aryl methyl sites for hydroxylation is 1. The van der Waals surface area contributed by atoms with Crippen LogP contribution >= 0.6 is 0 Å². The third-order valence-corrected chi connectivity index (χ3v) is 6.22. The van der Waals surface area contributed by atoms with E-state index in [-0.39, 0.29) is 39.9 Å². The molecule has 0 unspecified atom stereocenters. The second-order valence-corrected chi connectivity index (χ2v) is 9.90. The Labute approximate surface area is 225 Å². The lowest BCUT2D eigenvalue weighted by Gasteiger charge is -2.23. The molecule has 0 amide bonds. The summed E-state index contributed by atoms with van der Waals surface area (Å²) in [5.41, 5.74) is -1.65. The highest BCUT2D eigenvalue weighted by molar-refractivity contribution is 5.76. The van der Waals surface area contributed by atoms with Crippen LogP contribution in [-0.2, 0) is 17.6 Å². The van der Waals surface area contributed by atoms with Crippen LogP contribution in [0.1, 0.15) is 55.0 Å².